The minimum atomic E-state index is -2.79. The average molecular weight is 704 g/mol. The standard InChI is InChI=1S/C16H21ClF2N4O.C15H19ClF2N4O/c1-3-16(14(18)19,6-4-7-17)15(24)23-13(5-8-22-23)12-10-20-11(2)9-21-12;1-10-8-20-11(9-19-10)12-4-7-21-22(12)14(23)15(2,13(17)18)5-3-6-16/h8-10,13-14H,3-7H2,1-2H3;7-9,12-13H,3-6H2,1-2H3. The Hall–Kier alpha value is -3.26. The summed E-state index contributed by atoms with van der Waals surface area (Å²) >= 11 is 11.3. The molecule has 2 amide bonds. The van der Waals surface area contributed by atoms with Crippen LogP contribution in [0.3, 0.4) is 0 Å². The molecule has 2 aliphatic rings. The van der Waals surface area contributed by atoms with Gasteiger partial charge in [0, 0.05) is 49.4 Å². The van der Waals surface area contributed by atoms with Crippen LogP contribution in [0.15, 0.2) is 35.0 Å². The lowest BCUT2D eigenvalue weighted by Gasteiger charge is -2.35. The molecule has 0 radical (unpaired) electrons. The molecule has 0 aromatic carbocycles. The van der Waals surface area contributed by atoms with Crippen LogP contribution in [0.1, 0.15) is 93.7 Å². The van der Waals surface area contributed by atoms with Crippen molar-refractivity contribution in [2.75, 3.05) is 11.8 Å². The van der Waals surface area contributed by atoms with Gasteiger partial charge in [0.15, 0.2) is 0 Å². The highest BCUT2D eigenvalue weighted by atomic mass is 35.5. The van der Waals surface area contributed by atoms with E-state index >= 15 is 0 Å². The first kappa shape index (κ1) is 38.2. The molecule has 2 aliphatic heterocycles. The van der Waals surface area contributed by atoms with Crippen molar-refractivity contribution in [1.82, 2.24) is 30.0 Å². The van der Waals surface area contributed by atoms with Crippen LogP contribution in [0.4, 0.5) is 17.6 Å². The second kappa shape index (κ2) is 17.2. The number of hydrogen-bond donors (Lipinski definition) is 0. The van der Waals surface area contributed by atoms with E-state index in [9.17, 15) is 27.2 Å². The molecule has 4 unspecified atom stereocenters. The molecule has 258 valence electrons. The van der Waals surface area contributed by atoms with Crippen molar-refractivity contribution >= 4 is 47.4 Å². The van der Waals surface area contributed by atoms with Crippen molar-refractivity contribution in [2.24, 2.45) is 21.0 Å². The maximum absolute atomic E-state index is 13.8. The number of halogens is 6. The Labute approximate surface area is 282 Å². The fourth-order valence-corrected chi connectivity index (χ4v) is 5.53. The molecule has 2 aromatic heterocycles. The molecule has 0 bridgehead atoms. The van der Waals surface area contributed by atoms with Gasteiger partial charge in [-0.15, -0.1) is 23.2 Å². The van der Waals surface area contributed by atoms with Gasteiger partial charge in [-0.25, -0.2) is 27.6 Å². The minimum absolute atomic E-state index is 0.00527. The predicted octanol–water partition coefficient (Wildman–Crippen LogP) is 7.06. The average Bonchev–Trinajstić information content (AvgIpc) is 3.75. The summed E-state index contributed by atoms with van der Waals surface area (Å²) in [5, 5.41) is 10.3. The van der Waals surface area contributed by atoms with E-state index in [1.165, 1.54) is 13.1 Å². The minimum Gasteiger partial charge on any atom is -0.272 e. The van der Waals surface area contributed by atoms with E-state index in [1.807, 2.05) is 0 Å². The van der Waals surface area contributed by atoms with Crippen LogP contribution in [0.5, 0.6) is 0 Å². The summed E-state index contributed by atoms with van der Waals surface area (Å²) < 4.78 is 54.6. The zero-order chi connectivity index (χ0) is 34.8. The van der Waals surface area contributed by atoms with Crippen molar-refractivity contribution in [3.05, 3.63) is 47.6 Å². The molecular formula is C31H40Cl2F4N8O2. The molecule has 4 rings (SSSR count). The zero-order valence-corrected chi connectivity index (χ0v) is 28.3. The van der Waals surface area contributed by atoms with E-state index < -0.39 is 47.6 Å². The van der Waals surface area contributed by atoms with Crippen molar-refractivity contribution in [2.45, 2.75) is 97.6 Å². The summed E-state index contributed by atoms with van der Waals surface area (Å²) in [6, 6.07) is -0.990. The molecule has 2 aromatic rings. The number of alkyl halides is 6. The number of amides is 2. The highest BCUT2D eigenvalue weighted by Gasteiger charge is 2.50. The summed E-state index contributed by atoms with van der Waals surface area (Å²) in [5.74, 6) is -0.922. The van der Waals surface area contributed by atoms with Crippen LogP contribution in [-0.2, 0) is 9.59 Å². The number of nitrogens with zero attached hydrogens (tertiary/aromatic N) is 8. The van der Waals surface area contributed by atoms with Crippen LogP contribution in [0, 0.1) is 24.7 Å². The Morgan fingerprint density at radius 1 is 0.787 bits per heavy atom. The third-order valence-electron chi connectivity index (χ3n) is 8.39. The lowest BCUT2D eigenvalue weighted by atomic mass is 9.79. The first-order valence-electron chi connectivity index (χ1n) is 15.3. The Morgan fingerprint density at radius 3 is 1.64 bits per heavy atom. The van der Waals surface area contributed by atoms with Crippen LogP contribution >= 0.6 is 23.2 Å². The van der Waals surface area contributed by atoms with Crippen molar-refractivity contribution in [1.29, 1.82) is 0 Å². The van der Waals surface area contributed by atoms with Gasteiger partial charge in [-0.2, -0.15) is 10.2 Å². The third kappa shape index (κ3) is 8.81. The lowest BCUT2D eigenvalue weighted by Crippen LogP contribution is -2.46. The van der Waals surface area contributed by atoms with E-state index in [0.29, 0.717) is 37.1 Å². The highest BCUT2D eigenvalue weighted by molar-refractivity contribution is 6.18. The molecule has 0 spiro atoms. The summed E-state index contributed by atoms with van der Waals surface area (Å²) in [7, 11) is 0. The number of hydrogen-bond acceptors (Lipinski definition) is 8. The molecule has 10 nitrogen and oxygen atoms in total. The number of carbonyl (C=O) groups is 2. The fraction of sp³-hybridized carbons (Fsp3) is 0.613. The van der Waals surface area contributed by atoms with Gasteiger partial charge in [0.25, 0.3) is 24.7 Å². The van der Waals surface area contributed by atoms with Gasteiger partial charge in [-0.05, 0) is 52.9 Å². The molecule has 4 atom stereocenters. The fourth-order valence-electron chi connectivity index (χ4n) is 5.27. The van der Waals surface area contributed by atoms with Crippen LogP contribution in [-0.4, -0.2) is 78.8 Å². The maximum Gasteiger partial charge on any atom is 0.255 e. The van der Waals surface area contributed by atoms with Gasteiger partial charge in [-0.1, -0.05) is 6.92 Å². The van der Waals surface area contributed by atoms with Crippen LogP contribution in [0.25, 0.3) is 0 Å². The van der Waals surface area contributed by atoms with Crippen LogP contribution < -0.4 is 0 Å². The second-order valence-corrected chi connectivity index (χ2v) is 12.4. The van der Waals surface area contributed by atoms with Crippen LogP contribution in [0.2, 0.25) is 0 Å². The monoisotopic (exact) mass is 702 g/mol. The van der Waals surface area contributed by atoms with Crippen molar-refractivity contribution in [3.8, 4) is 0 Å². The number of aryl methyl sites for hydroxylation is 2. The maximum atomic E-state index is 13.8. The van der Waals surface area contributed by atoms with Gasteiger partial charge in [-0.3, -0.25) is 29.5 Å². The number of aromatic nitrogens is 4. The summed E-state index contributed by atoms with van der Waals surface area (Å²) in [4.78, 5) is 42.4. The van der Waals surface area contributed by atoms with E-state index in [2.05, 4.69) is 30.1 Å². The molecule has 16 heteroatoms. The van der Waals surface area contributed by atoms with Crippen molar-refractivity contribution in [3.63, 3.8) is 0 Å². The first-order valence-corrected chi connectivity index (χ1v) is 16.4. The Kier molecular flexibility index (Phi) is 14.0. The molecule has 47 heavy (non-hydrogen) atoms. The number of carbonyl (C=O) groups excluding carboxylic acids is 2. The van der Waals surface area contributed by atoms with Gasteiger partial charge in [0.05, 0.1) is 35.2 Å². The summed E-state index contributed by atoms with van der Waals surface area (Å²) in [5.41, 5.74) is -1.02. The molecule has 0 aliphatic carbocycles. The molecule has 0 saturated carbocycles. The van der Waals surface area contributed by atoms with E-state index in [0.717, 1.165) is 21.4 Å². The Balaban J connectivity index is 0.000000256. The van der Waals surface area contributed by atoms with Crippen molar-refractivity contribution < 1.29 is 27.2 Å². The zero-order valence-electron chi connectivity index (χ0n) is 26.8. The summed E-state index contributed by atoms with van der Waals surface area (Å²) in [6.07, 6.45) is 5.40. The predicted molar refractivity (Wildman–Crippen MR) is 172 cm³/mol. The van der Waals surface area contributed by atoms with Gasteiger partial charge in [0.2, 0.25) is 0 Å². The van der Waals surface area contributed by atoms with Gasteiger partial charge >= 0.3 is 0 Å². The number of rotatable bonds is 13. The SMILES string of the molecule is CCC(CCCCl)(C(=O)N1N=CCC1c1cnc(C)cn1)C(F)F.Cc1cnc(C2CC=NN2C(=O)C(C)(CCCCl)C(F)F)cn1. The largest absolute Gasteiger partial charge is 0.272 e. The first-order chi connectivity index (χ1) is 22.4. The summed E-state index contributed by atoms with van der Waals surface area (Å²) in [6.45, 7) is 6.46. The van der Waals surface area contributed by atoms with E-state index in [1.54, 1.807) is 51.8 Å². The molecular weight excluding hydrogens is 663 g/mol. The molecule has 0 fully saturated rings. The van der Waals surface area contributed by atoms with Gasteiger partial charge < -0.3 is 0 Å². The van der Waals surface area contributed by atoms with E-state index in [4.69, 9.17) is 23.2 Å². The normalized spacial score (nSPS) is 19.9. The Bertz CT molecular complexity index is 1390. The number of hydrazone groups is 2. The molecule has 4 heterocycles. The van der Waals surface area contributed by atoms with Gasteiger partial charge in [0.1, 0.15) is 22.9 Å². The molecule has 0 saturated heterocycles. The van der Waals surface area contributed by atoms with E-state index in [-0.39, 0.29) is 31.0 Å². The highest BCUT2D eigenvalue weighted by Crippen LogP contribution is 2.41. The topological polar surface area (TPSA) is 117 Å². The smallest absolute Gasteiger partial charge is 0.255 e. The molecule has 0 N–H and O–H groups in total. The second-order valence-electron chi connectivity index (χ2n) is 11.7. The Morgan fingerprint density at radius 2 is 1.26 bits per heavy atom. The third-order valence-corrected chi connectivity index (χ3v) is 8.93. The lowest BCUT2D eigenvalue weighted by molar-refractivity contribution is -0.156. The quantitative estimate of drug-likeness (QED) is 0.163.